The molecule has 0 unspecified atom stereocenters. The first-order valence-electron chi connectivity index (χ1n) is 5.23. The van der Waals surface area contributed by atoms with Crippen LogP contribution in [0.5, 0.6) is 0 Å². The van der Waals surface area contributed by atoms with Crippen LogP contribution in [0.25, 0.3) is 0 Å². The van der Waals surface area contributed by atoms with Crippen molar-refractivity contribution in [1.82, 2.24) is 10.6 Å². The van der Waals surface area contributed by atoms with Crippen LogP contribution in [0, 0.1) is 0 Å². The van der Waals surface area contributed by atoms with Crippen LogP contribution in [0.1, 0.15) is 6.42 Å². The number of carbonyl (C=O) groups is 2. The van der Waals surface area contributed by atoms with E-state index in [1.807, 2.05) is 0 Å². The van der Waals surface area contributed by atoms with Gasteiger partial charge in [0.1, 0.15) is 13.2 Å². The second-order valence-corrected chi connectivity index (χ2v) is 2.93. The molecule has 0 fully saturated rings. The Balaban J connectivity index is 3.28. The summed E-state index contributed by atoms with van der Waals surface area (Å²) >= 11 is 0. The zero-order valence-electron chi connectivity index (χ0n) is 9.48. The highest BCUT2D eigenvalue weighted by Gasteiger charge is 2.01. The number of ether oxygens (including phenoxy) is 2. The van der Waals surface area contributed by atoms with Crippen molar-refractivity contribution in [1.29, 1.82) is 0 Å². The smallest absolute Gasteiger partial charge is 0.407 e. The molecule has 0 aromatic carbocycles. The number of aliphatic hydroxyl groups is 2. The minimum atomic E-state index is -0.609. The number of nitrogens with one attached hydrogen (secondary N) is 2. The first-order chi connectivity index (χ1) is 8.20. The average molecular weight is 250 g/mol. The summed E-state index contributed by atoms with van der Waals surface area (Å²) in [4.78, 5) is 21.7. The van der Waals surface area contributed by atoms with Gasteiger partial charge >= 0.3 is 12.2 Å². The third kappa shape index (κ3) is 10.7. The summed E-state index contributed by atoms with van der Waals surface area (Å²) in [5.74, 6) is 0. The van der Waals surface area contributed by atoms with Gasteiger partial charge in [0.15, 0.2) is 0 Å². The van der Waals surface area contributed by atoms with E-state index in [1.165, 1.54) is 0 Å². The zero-order valence-corrected chi connectivity index (χ0v) is 9.48. The molecule has 17 heavy (non-hydrogen) atoms. The Labute approximate surface area is 98.9 Å². The molecule has 0 spiro atoms. The lowest BCUT2D eigenvalue weighted by molar-refractivity contribution is 0.118. The van der Waals surface area contributed by atoms with Gasteiger partial charge in [-0.15, -0.1) is 0 Å². The van der Waals surface area contributed by atoms with Gasteiger partial charge in [-0.1, -0.05) is 0 Å². The SMILES string of the molecule is O=C(NCCCNC(=O)OCCO)OCCO. The fraction of sp³-hybridized carbons (Fsp3) is 0.778. The van der Waals surface area contributed by atoms with Crippen molar-refractivity contribution in [3.05, 3.63) is 0 Å². The molecule has 4 N–H and O–H groups in total. The molecule has 0 radical (unpaired) electrons. The summed E-state index contributed by atoms with van der Waals surface area (Å²) in [6.45, 7) is 0.154. The topological polar surface area (TPSA) is 117 Å². The van der Waals surface area contributed by atoms with E-state index in [4.69, 9.17) is 10.2 Å². The molecule has 0 saturated carbocycles. The third-order valence-corrected chi connectivity index (χ3v) is 1.54. The van der Waals surface area contributed by atoms with Gasteiger partial charge < -0.3 is 30.3 Å². The van der Waals surface area contributed by atoms with Crippen LogP contribution < -0.4 is 10.6 Å². The maximum absolute atomic E-state index is 10.9. The van der Waals surface area contributed by atoms with Crippen LogP contribution in [0.15, 0.2) is 0 Å². The number of hydrogen-bond acceptors (Lipinski definition) is 6. The van der Waals surface area contributed by atoms with E-state index in [9.17, 15) is 9.59 Å². The molecule has 0 aliphatic rings. The molecule has 0 aliphatic heterocycles. The van der Waals surface area contributed by atoms with Crippen molar-refractivity contribution in [3.63, 3.8) is 0 Å². The summed E-state index contributed by atoms with van der Waals surface area (Å²) in [6, 6.07) is 0. The molecule has 2 amide bonds. The molecule has 0 aliphatic carbocycles. The first-order valence-corrected chi connectivity index (χ1v) is 5.23. The maximum Gasteiger partial charge on any atom is 0.407 e. The number of hydrogen-bond donors (Lipinski definition) is 4. The predicted octanol–water partition coefficient (Wildman–Crippen LogP) is -1.19. The molecule has 8 heteroatoms. The van der Waals surface area contributed by atoms with E-state index in [0.717, 1.165) is 0 Å². The lowest BCUT2D eigenvalue weighted by atomic mass is 10.4. The van der Waals surface area contributed by atoms with Gasteiger partial charge in [0, 0.05) is 13.1 Å². The van der Waals surface area contributed by atoms with Crippen molar-refractivity contribution in [3.8, 4) is 0 Å². The Morgan fingerprint density at radius 1 is 0.882 bits per heavy atom. The van der Waals surface area contributed by atoms with Crippen molar-refractivity contribution in [2.75, 3.05) is 39.5 Å². The molecular weight excluding hydrogens is 232 g/mol. The van der Waals surface area contributed by atoms with Gasteiger partial charge in [-0.25, -0.2) is 9.59 Å². The average Bonchev–Trinajstić information content (AvgIpc) is 2.33. The summed E-state index contributed by atoms with van der Waals surface area (Å²) in [5.41, 5.74) is 0. The van der Waals surface area contributed by atoms with Crippen LogP contribution in [0.3, 0.4) is 0 Å². The summed E-state index contributed by atoms with van der Waals surface area (Å²) in [7, 11) is 0. The van der Waals surface area contributed by atoms with E-state index in [0.29, 0.717) is 19.5 Å². The molecule has 0 bridgehead atoms. The fourth-order valence-electron chi connectivity index (χ4n) is 0.848. The largest absolute Gasteiger partial charge is 0.447 e. The van der Waals surface area contributed by atoms with E-state index in [1.54, 1.807) is 0 Å². The molecule has 0 aromatic heterocycles. The Morgan fingerprint density at radius 3 is 1.65 bits per heavy atom. The van der Waals surface area contributed by atoms with E-state index < -0.39 is 12.2 Å². The maximum atomic E-state index is 10.9. The highest BCUT2D eigenvalue weighted by molar-refractivity contribution is 5.67. The van der Waals surface area contributed by atoms with Crippen molar-refractivity contribution in [2.45, 2.75) is 6.42 Å². The predicted molar refractivity (Wildman–Crippen MR) is 57.5 cm³/mol. The Morgan fingerprint density at radius 2 is 1.29 bits per heavy atom. The standard InChI is InChI=1S/C9H18N2O6/c12-4-6-16-8(14)10-2-1-3-11-9(15)17-7-5-13/h12-13H,1-7H2,(H,10,14)(H,11,15). The Bertz CT molecular complexity index is 202. The molecular formula is C9H18N2O6. The number of aliphatic hydroxyl groups excluding tert-OH is 2. The second kappa shape index (κ2) is 11.0. The summed E-state index contributed by atoms with van der Waals surface area (Å²) < 4.78 is 9.06. The zero-order chi connectivity index (χ0) is 12.9. The number of carbonyl (C=O) groups excluding carboxylic acids is 2. The molecule has 100 valence electrons. The van der Waals surface area contributed by atoms with E-state index in [-0.39, 0.29) is 26.4 Å². The van der Waals surface area contributed by atoms with Gasteiger partial charge in [-0.3, -0.25) is 0 Å². The number of alkyl carbamates (subject to hydrolysis) is 2. The van der Waals surface area contributed by atoms with Gasteiger partial charge in [-0.05, 0) is 6.42 Å². The van der Waals surface area contributed by atoms with Crippen LogP contribution in [-0.2, 0) is 9.47 Å². The van der Waals surface area contributed by atoms with Gasteiger partial charge in [0.2, 0.25) is 0 Å². The minimum absolute atomic E-state index is 0.0441. The quantitative estimate of drug-likeness (QED) is 0.403. The lowest BCUT2D eigenvalue weighted by Crippen LogP contribution is -2.31. The van der Waals surface area contributed by atoms with Gasteiger partial charge in [-0.2, -0.15) is 0 Å². The van der Waals surface area contributed by atoms with Crippen molar-refractivity contribution < 1.29 is 29.3 Å². The van der Waals surface area contributed by atoms with Gasteiger partial charge in [0.05, 0.1) is 13.2 Å². The molecule has 8 nitrogen and oxygen atoms in total. The highest BCUT2D eigenvalue weighted by atomic mass is 16.6. The van der Waals surface area contributed by atoms with Crippen LogP contribution in [0.4, 0.5) is 9.59 Å². The summed E-state index contributed by atoms with van der Waals surface area (Å²) in [6.07, 6.45) is -0.702. The first kappa shape index (κ1) is 15.5. The molecule has 0 rings (SSSR count). The monoisotopic (exact) mass is 250 g/mol. The molecule has 0 aromatic rings. The molecule has 0 heterocycles. The second-order valence-electron chi connectivity index (χ2n) is 2.93. The summed E-state index contributed by atoms with van der Waals surface area (Å²) in [5, 5.41) is 21.6. The van der Waals surface area contributed by atoms with Crippen molar-refractivity contribution in [2.24, 2.45) is 0 Å². The number of rotatable bonds is 8. The van der Waals surface area contributed by atoms with Crippen LogP contribution >= 0.6 is 0 Å². The Hall–Kier alpha value is -1.54. The highest BCUT2D eigenvalue weighted by Crippen LogP contribution is 1.81. The fourth-order valence-corrected chi connectivity index (χ4v) is 0.848. The van der Waals surface area contributed by atoms with Gasteiger partial charge in [0.25, 0.3) is 0 Å². The Kier molecular flexibility index (Phi) is 9.97. The molecule has 0 saturated heterocycles. The van der Waals surface area contributed by atoms with E-state index in [2.05, 4.69) is 20.1 Å². The van der Waals surface area contributed by atoms with Crippen LogP contribution in [0.2, 0.25) is 0 Å². The molecule has 0 atom stereocenters. The third-order valence-electron chi connectivity index (χ3n) is 1.54. The normalized spacial score (nSPS) is 9.53. The van der Waals surface area contributed by atoms with E-state index >= 15 is 0 Å². The number of amides is 2. The minimum Gasteiger partial charge on any atom is -0.447 e. The lowest BCUT2D eigenvalue weighted by Gasteiger charge is -2.07. The van der Waals surface area contributed by atoms with Crippen LogP contribution in [-0.4, -0.2) is 61.9 Å². The van der Waals surface area contributed by atoms with Crippen molar-refractivity contribution >= 4 is 12.2 Å².